The number of carboxylic acids is 1. The molecule has 0 aliphatic rings. The third-order valence-electron chi connectivity index (χ3n) is 3.59. The number of carboxylic acid groups (broad SMARTS) is 1. The van der Waals surface area contributed by atoms with Gasteiger partial charge in [-0.15, -0.1) is 0 Å². The van der Waals surface area contributed by atoms with Gasteiger partial charge in [0.2, 0.25) is 0 Å². The Hall–Kier alpha value is -2.52. The molecule has 110 valence electrons. The van der Waals surface area contributed by atoms with E-state index >= 15 is 0 Å². The minimum atomic E-state index is -1.02. The Morgan fingerprint density at radius 3 is 2.41 bits per heavy atom. The van der Waals surface area contributed by atoms with E-state index in [0.717, 1.165) is 22.6 Å². The fourth-order valence-corrected chi connectivity index (χ4v) is 2.79. The zero-order valence-electron chi connectivity index (χ0n) is 12.0. The molecule has 3 rings (SSSR count). The molecule has 0 fully saturated rings. The van der Waals surface area contributed by atoms with Gasteiger partial charge in [0.05, 0.1) is 16.3 Å². The molecule has 0 atom stereocenters. The Morgan fingerprint density at radius 2 is 1.77 bits per heavy atom. The van der Waals surface area contributed by atoms with Crippen molar-refractivity contribution in [2.24, 2.45) is 0 Å². The summed E-state index contributed by atoms with van der Waals surface area (Å²) in [5.74, 6) is -1.02. The highest BCUT2D eigenvalue weighted by molar-refractivity contribution is 6.33. The van der Waals surface area contributed by atoms with Crippen molar-refractivity contribution in [3.63, 3.8) is 0 Å². The highest BCUT2D eigenvalue weighted by atomic mass is 35.5. The van der Waals surface area contributed by atoms with Gasteiger partial charge in [0.15, 0.2) is 0 Å². The molecule has 0 radical (unpaired) electrons. The zero-order chi connectivity index (χ0) is 15.7. The molecule has 2 aromatic carbocycles. The van der Waals surface area contributed by atoms with Crippen LogP contribution in [-0.2, 0) is 0 Å². The first-order valence-electron chi connectivity index (χ1n) is 6.85. The van der Waals surface area contributed by atoms with Gasteiger partial charge in [0.25, 0.3) is 0 Å². The lowest BCUT2D eigenvalue weighted by Gasteiger charge is -2.13. The predicted molar refractivity (Wildman–Crippen MR) is 87.9 cm³/mol. The van der Waals surface area contributed by atoms with Gasteiger partial charge in [-0.2, -0.15) is 0 Å². The van der Waals surface area contributed by atoms with Gasteiger partial charge in [0, 0.05) is 11.4 Å². The van der Waals surface area contributed by atoms with E-state index in [1.165, 1.54) is 6.07 Å². The Labute approximate surface area is 133 Å². The SMILES string of the molecule is Cc1ccc(-c2ccccc2)n1-c1ccc(C(=O)O)c(Cl)c1. The van der Waals surface area contributed by atoms with E-state index in [4.69, 9.17) is 16.7 Å². The Bertz CT molecular complexity index is 838. The standard InChI is InChI=1S/C18H14ClNO2/c1-12-7-10-17(13-5-3-2-4-6-13)20(12)14-8-9-15(18(21)22)16(19)11-14/h2-11H,1H3,(H,21,22). The third-order valence-corrected chi connectivity index (χ3v) is 3.90. The second-order valence-electron chi connectivity index (χ2n) is 5.03. The minimum absolute atomic E-state index is 0.108. The topological polar surface area (TPSA) is 42.2 Å². The first-order valence-corrected chi connectivity index (χ1v) is 7.22. The number of hydrogen-bond donors (Lipinski definition) is 1. The van der Waals surface area contributed by atoms with E-state index in [0.29, 0.717) is 0 Å². The normalized spacial score (nSPS) is 10.6. The van der Waals surface area contributed by atoms with Crippen LogP contribution in [0.5, 0.6) is 0 Å². The molecule has 0 bridgehead atoms. The summed E-state index contributed by atoms with van der Waals surface area (Å²) >= 11 is 6.10. The van der Waals surface area contributed by atoms with Crippen LogP contribution in [0.3, 0.4) is 0 Å². The summed E-state index contributed by atoms with van der Waals surface area (Å²) in [5.41, 5.74) is 4.14. The highest BCUT2D eigenvalue weighted by Gasteiger charge is 2.13. The first-order chi connectivity index (χ1) is 10.6. The maximum atomic E-state index is 11.1. The maximum absolute atomic E-state index is 11.1. The van der Waals surface area contributed by atoms with Crippen molar-refractivity contribution in [1.29, 1.82) is 0 Å². The molecule has 0 unspecified atom stereocenters. The number of hydrogen-bond acceptors (Lipinski definition) is 1. The van der Waals surface area contributed by atoms with Crippen molar-refractivity contribution < 1.29 is 9.90 Å². The molecule has 22 heavy (non-hydrogen) atoms. The minimum Gasteiger partial charge on any atom is -0.478 e. The average Bonchev–Trinajstić information content (AvgIpc) is 2.89. The number of carbonyl (C=O) groups is 1. The molecule has 0 aliphatic heterocycles. The predicted octanol–water partition coefficient (Wildman–Crippen LogP) is 4.80. The van der Waals surface area contributed by atoms with Crippen LogP contribution in [0.25, 0.3) is 16.9 Å². The number of nitrogens with zero attached hydrogens (tertiary/aromatic N) is 1. The molecular weight excluding hydrogens is 298 g/mol. The molecular formula is C18H14ClNO2. The number of aryl methyl sites for hydroxylation is 1. The van der Waals surface area contributed by atoms with Gasteiger partial charge in [-0.05, 0) is 42.8 Å². The molecule has 0 spiro atoms. The van der Waals surface area contributed by atoms with Gasteiger partial charge in [0.1, 0.15) is 0 Å². The van der Waals surface area contributed by atoms with Crippen LogP contribution in [0.1, 0.15) is 16.1 Å². The first kappa shape index (κ1) is 14.4. The smallest absolute Gasteiger partial charge is 0.337 e. The third kappa shape index (κ3) is 2.51. The Kier molecular flexibility index (Phi) is 3.73. The average molecular weight is 312 g/mol. The second-order valence-corrected chi connectivity index (χ2v) is 5.44. The summed E-state index contributed by atoms with van der Waals surface area (Å²) in [6, 6.07) is 19.1. The highest BCUT2D eigenvalue weighted by Crippen LogP contribution is 2.28. The van der Waals surface area contributed by atoms with Gasteiger partial charge >= 0.3 is 5.97 Å². The summed E-state index contributed by atoms with van der Waals surface area (Å²) < 4.78 is 2.06. The summed E-state index contributed by atoms with van der Waals surface area (Å²) in [7, 11) is 0. The van der Waals surface area contributed by atoms with Gasteiger partial charge < -0.3 is 9.67 Å². The maximum Gasteiger partial charge on any atom is 0.337 e. The number of benzene rings is 2. The Morgan fingerprint density at radius 1 is 1.05 bits per heavy atom. The molecule has 1 N–H and O–H groups in total. The monoisotopic (exact) mass is 311 g/mol. The molecule has 3 nitrogen and oxygen atoms in total. The van der Waals surface area contributed by atoms with Crippen LogP contribution < -0.4 is 0 Å². The molecule has 1 aromatic heterocycles. The molecule has 4 heteroatoms. The zero-order valence-corrected chi connectivity index (χ0v) is 12.7. The summed E-state index contributed by atoms with van der Waals surface area (Å²) in [6.45, 7) is 2.01. The lowest BCUT2D eigenvalue weighted by atomic mass is 10.1. The van der Waals surface area contributed by atoms with Crippen LogP contribution in [-0.4, -0.2) is 15.6 Å². The van der Waals surface area contributed by atoms with Crippen LogP contribution in [0.15, 0.2) is 60.7 Å². The van der Waals surface area contributed by atoms with Crippen LogP contribution >= 0.6 is 11.6 Å². The lowest BCUT2D eigenvalue weighted by molar-refractivity contribution is 0.0697. The molecule has 0 amide bonds. The van der Waals surface area contributed by atoms with Crippen molar-refractivity contribution in [2.75, 3.05) is 0 Å². The molecule has 0 saturated carbocycles. The van der Waals surface area contributed by atoms with E-state index in [1.54, 1.807) is 12.1 Å². The molecule has 0 aliphatic carbocycles. The largest absolute Gasteiger partial charge is 0.478 e. The second kappa shape index (κ2) is 5.70. The van der Waals surface area contributed by atoms with Gasteiger partial charge in [-0.1, -0.05) is 41.9 Å². The van der Waals surface area contributed by atoms with Crippen LogP contribution in [0, 0.1) is 6.92 Å². The molecule has 3 aromatic rings. The van der Waals surface area contributed by atoms with Crippen molar-refractivity contribution in [1.82, 2.24) is 4.57 Å². The quantitative estimate of drug-likeness (QED) is 0.754. The van der Waals surface area contributed by atoms with Crippen LogP contribution in [0.4, 0.5) is 0 Å². The van der Waals surface area contributed by atoms with Crippen LogP contribution in [0.2, 0.25) is 5.02 Å². The summed E-state index contributed by atoms with van der Waals surface area (Å²) in [5, 5.41) is 9.32. The van der Waals surface area contributed by atoms with Crippen molar-refractivity contribution >= 4 is 17.6 Å². The van der Waals surface area contributed by atoms with Crippen molar-refractivity contribution in [3.05, 3.63) is 76.9 Å². The van der Waals surface area contributed by atoms with E-state index in [-0.39, 0.29) is 10.6 Å². The van der Waals surface area contributed by atoms with E-state index in [9.17, 15) is 4.79 Å². The Balaban J connectivity index is 2.15. The van der Waals surface area contributed by atoms with E-state index < -0.39 is 5.97 Å². The van der Waals surface area contributed by atoms with Gasteiger partial charge in [-0.25, -0.2) is 4.79 Å². The molecule has 1 heterocycles. The molecule has 0 saturated heterocycles. The van der Waals surface area contributed by atoms with Gasteiger partial charge in [-0.3, -0.25) is 0 Å². The van der Waals surface area contributed by atoms with Crippen molar-refractivity contribution in [3.8, 4) is 16.9 Å². The summed E-state index contributed by atoms with van der Waals surface area (Å²) in [6.07, 6.45) is 0. The summed E-state index contributed by atoms with van der Waals surface area (Å²) in [4.78, 5) is 11.1. The number of halogens is 1. The fourth-order valence-electron chi connectivity index (χ4n) is 2.53. The fraction of sp³-hybridized carbons (Fsp3) is 0.0556. The van der Waals surface area contributed by atoms with E-state index in [2.05, 4.69) is 4.57 Å². The van der Waals surface area contributed by atoms with E-state index in [1.807, 2.05) is 49.4 Å². The number of aromatic nitrogens is 1. The van der Waals surface area contributed by atoms with Crippen molar-refractivity contribution in [2.45, 2.75) is 6.92 Å². The lowest BCUT2D eigenvalue weighted by Crippen LogP contribution is -2.02. The number of rotatable bonds is 3. The number of aromatic carboxylic acids is 1.